The summed E-state index contributed by atoms with van der Waals surface area (Å²) in [5.41, 5.74) is 0.299. The molecule has 7 nitrogen and oxygen atoms in total. The van der Waals surface area contributed by atoms with Crippen LogP contribution in [-0.4, -0.2) is 42.0 Å². The van der Waals surface area contributed by atoms with Crippen molar-refractivity contribution in [3.8, 4) is 0 Å². The average molecular weight is 302 g/mol. The number of aromatic nitrogens is 1. The van der Waals surface area contributed by atoms with Crippen LogP contribution in [0.2, 0.25) is 0 Å². The highest BCUT2D eigenvalue weighted by Crippen LogP contribution is 2.29. The number of sulfonamides is 1. The van der Waals surface area contributed by atoms with Gasteiger partial charge in [-0.15, -0.1) is 0 Å². The predicted octanol–water partition coefficient (Wildman–Crippen LogP) is 1.02. The van der Waals surface area contributed by atoms with Crippen LogP contribution in [-0.2, 0) is 14.8 Å². The molecule has 2 rings (SSSR count). The molecule has 1 aliphatic rings. The monoisotopic (exact) mass is 302 g/mol. The number of nitrogens with zero attached hydrogens (tertiary/aromatic N) is 2. The molecule has 20 heavy (non-hydrogen) atoms. The molecule has 0 spiro atoms. The Kier molecular flexibility index (Phi) is 3.88. The molecule has 0 aliphatic carbocycles. The van der Waals surface area contributed by atoms with Crippen LogP contribution < -0.4 is 0 Å². The quantitative estimate of drug-likeness (QED) is 0.894. The van der Waals surface area contributed by atoms with Crippen LogP contribution in [0, 0.1) is 25.7 Å². The Bertz CT molecular complexity index is 602. The normalized spacial score (nSPS) is 24.8. The first-order chi connectivity index (χ1) is 9.23. The molecule has 1 aromatic heterocycles. The fraction of sp³-hybridized carbons (Fsp3) is 0.667. The van der Waals surface area contributed by atoms with E-state index in [9.17, 15) is 13.2 Å². The summed E-state index contributed by atoms with van der Waals surface area (Å²) in [4.78, 5) is 11.2. The molecular formula is C12H18N2O5S. The second-order valence-electron chi connectivity index (χ2n) is 5.35. The van der Waals surface area contributed by atoms with Crippen molar-refractivity contribution in [2.45, 2.75) is 32.1 Å². The van der Waals surface area contributed by atoms with E-state index in [2.05, 4.69) is 5.16 Å². The van der Waals surface area contributed by atoms with Gasteiger partial charge in [0.2, 0.25) is 10.0 Å². The second kappa shape index (κ2) is 5.17. The third-order valence-corrected chi connectivity index (χ3v) is 5.62. The van der Waals surface area contributed by atoms with E-state index in [1.54, 1.807) is 6.92 Å². The fourth-order valence-corrected chi connectivity index (χ4v) is 4.55. The van der Waals surface area contributed by atoms with E-state index in [-0.39, 0.29) is 23.1 Å². The summed E-state index contributed by atoms with van der Waals surface area (Å²) in [5.74, 6) is -1.41. The second-order valence-corrected chi connectivity index (χ2v) is 7.23. The van der Waals surface area contributed by atoms with Crippen molar-refractivity contribution in [3.05, 3.63) is 11.5 Å². The molecular weight excluding hydrogens is 284 g/mol. The van der Waals surface area contributed by atoms with Gasteiger partial charge in [0, 0.05) is 13.1 Å². The van der Waals surface area contributed by atoms with Crippen molar-refractivity contribution in [2.75, 3.05) is 13.1 Å². The third-order valence-electron chi connectivity index (χ3n) is 3.54. The first-order valence-electron chi connectivity index (χ1n) is 6.39. The molecule has 0 bridgehead atoms. The molecule has 112 valence electrons. The summed E-state index contributed by atoms with van der Waals surface area (Å²) < 4.78 is 31.4. The largest absolute Gasteiger partial charge is 0.481 e. The van der Waals surface area contributed by atoms with Crippen molar-refractivity contribution in [3.63, 3.8) is 0 Å². The number of carbonyl (C=O) groups is 1. The van der Waals surface area contributed by atoms with Crippen LogP contribution in [0.3, 0.4) is 0 Å². The van der Waals surface area contributed by atoms with Gasteiger partial charge in [-0.05, 0) is 26.2 Å². The molecule has 1 aliphatic heterocycles. The summed E-state index contributed by atoms with van der Waals surface area (Å²) >= 11 is 0. The van der Waals surface area contributed by atoms with E-state index in [4.69, 9.17) is 9.63 Å². The SMILES string of the molecule is Cc1noc(C)c1S(=O)(=O)N1CC(C)CC(C(=O)O)C1. The Labute approximate surface area is 117 Å². The lowest BCUT2D eigenvalue weighted by Crippen LogP contribution is -2.45. The highest BCUT2D eigenvalue weighted by Gasteiger charge is 2.38. The molecule has 0 saturated carbocycles. The first-order valence-corrected chi connectivity index (χ1v) is 7.83. The molecule has 1 N–H and O–H groups in total. The van der Waals surface area contributed by atoms with Gasteiger partial charge in [0.05, 0.1) is 5.92 Å². The summed E-state index contributed by atoms with van der Waals surface area (Å²) in [5, 5.41) is 12.8. The molecule has 0 aromatic carbocycles. The lowest BCUT2D eigenvalue weighted by atomic mass is 9.92. The highest BCUT2D eigenvalue weighted by atomic mass is 32.2. The third kappa shape index (κ3) is 2.57. The zero-order chi connectivity index (χ0) is 15.1. The Morgan fingerprint density at radius 3 is 2.55 bits per heavy atom. The highest BCUT2D eigenvalue weighted by molar-refractivity contribution is 7.89. The number of rotatable bonds is 3. The number of carboxylic acids is 1. The van der Waals surface area contributed by atoms with Gasteiger partial charge in [-0.3, -0.25) is 4.79 Å². The average Bonchev–Trinajstić information content (AvgIpc) is 2.68. The zero-order valence-electron chi connectivity index (χ0n) is 11.7. The van der Waals surface area contributed by atoms with Crippen molar-refractivity contribution in [2.24, 2.45) is 11.8 Å². The van der Waals surface area contributed by atoms with Crippen LogP contribution in [0.15, 0.2) is 9.42 Å². The number of hydrogen-bond donors (Lipinski definition) is 1. The molecule has 1 fully saturated rings. The van der Waals surface area contributed by atoms with Crippen molar-refractivity contribution >= 4 is 16.0 Å². The van der Waals surface area contributed by atoms with Crippen LogP contribution in [0.5, 0.6) is 0 Å². The van der Waals surface area contributed by atoms with Gasteiger partial charge in [-0.2, -0.15) is 4.31 Å². The summed E-state index contributed by atoms with van der Waals surface area (Å²) in [6, 6.07) is 0. The Hall–Kier alpha value is -1.41. The maximum absolute atomic E-state index is 12.6. The van der Waals surface area contributed by atoms with Gasteiger partial charge in [0.25, 0.3) is 0 Å². The number of hydrogen-bond acceptors (Lipinski definition) is 5. The Morgan fingerprint density at radius 2 is 2.05 bits per heavy atom. The summed E-state index contributed by atoms with van der Waals surface area (Å²) in [7, 11) is -3.77. The van der Waals surface area contributed by atoms with Crippen LogP contribution in [0.4, 0.5) is 0 Å². The van der Waals surface area contributed by atoms with E-state index >= 15 is 0 Å². The van der Waals surface area contributed by atoms with Gasteiger partial charge in [0.15, 0.2) is 5.76 Å². The minimum Gasteiger partial charge on any atom is -0.481 e. The Balaban J connectivity index is 2.37. The van der Waals surface area contributed by atoms with Gasteiger partial charge in [0.1, 0.15) is 10.6 Å². The minimum atomic E-state index is -3.77. The van der Waals surface area contributed by atoms with Crippen molar-refractivity contribution in [1.29, 1.82) is 0 Å². The van der Waals surface area contributed by atoms with E-state index in [0.29, 0.717) is 18.7 Å². The maximum Gasteiger partial charge on any atom is 0.307 e. The number of piperidine rings is 1. The van der Waals surface area contributed by atoms with Crippen molar-refractivity contribution in [1.82, 2.24) is 9.46 Å². The van der Waals surface area contributed by atoms with E-state index in [1.165, 1.54) is 11.2 Å². The first kappa shape index (κ1) is 15.0. The molecule has 1 saturated heterocycles. The number of aliphatic carboxylic acids is 1. The van der Waals surface area contributed by atoms with Crippen LogP contribution >= 0.6 is 0 Å². The molecule has 0 radical (unpaired) electrons. The van der Waals surface area contributed by atoms with Gasteiger partial charge in [-0.25, -0.2) is 8.42 Å². The van der Waals surface area contributed by atoms with Gasteiger partial charge >= 0.3 is 5.97 Å². The van der Waals surface area contributed by atoms with Gasteiger partial charge in [-0.1, -0.05) is 12.1 Å². The Morgan fingerprint density at radius 1 is 1.40 bits per heavy atom. The number of aryl methyl sites for hydroxylation is 2. The molecule has 0 amide bonds. The van der Waals surface area contributed by atoms with Gasteiger partial charge < -0.3 is 9.63 Å². The number of carboxylic acid groups (broad SMARTS) is 1. The maximum atomic E-state index is 12.6. The zero-order valence-corrected chi connectivity index (χ0v) is 12.5. The van der Waals surface area contributed by atoms with Crippen LogP contribution in [0.25, 0.3) is 0 Å². The topological polar surface area (TPSA) is 101 Å². The molecule has 8 heteroatoms. The molecule has 2 unspecified atom stereocenters. The lowest BCUT2D eigenvalue weighted by Gasteiger charge is -2.33. The molecule has 2 heterocycles. The summed E-state index contributed by atoms with van der Waals surface area (Å²) in [6.07, 6.45) is 0.489. The standard InChI is InChI=1S/C12H18N2O5S/c1-7-4-10(12(15)16)6-14(5-7)20(17,18)11-8(2)13-19-9(11)3/h7,10H,4-6H2,1-3H3,(H,15,16). The molecule has 1 aromatic rings. The lowest BCUT2D eigenvalue weighted by molar-refractivity contribution is -0.143. The summed E-state index contributed by atoms with van der Waals surface area (Å²) in [6.45, 7) is 5.26. The fourth-order valence-electron chi connectivity index (χ4n) is 2.65. The van der Waals surface area contributed by atoms with Crippen molar-refractivity contribution < 1.29 is 22.8 Å². The van der Waals surface area contributed by atoms with E-state index in [0.717, 1.165) is 0 Å². The predicted molar refractivity (Wildman–Crippen MR) is 69.6 cm³/mol. The van der Waals surface area contributed by atoms with E-state index < -0.39 is 21.9 Å². The molecule has 2 atom stereocenters. The smallest absolute Gasteiger partial charge is 0.307 e. The minimum absolute atomic E-state index is 0.0000902. The van der Waals surface area contributed by atoms with Crippen LogP contribution in [0.1, 0.15) is 24.8 Å². The van der Waals surface area contributed by atoms with E-state index in [1.807, 2.05) is 6.92 Å².